The molecule has 1 atom stereocenters. The number of ether oxygens (including phenoxy) is 1. The second-order valence-corrected chi connectivity index (χ2v) is 4.42. The lowest BCUT2D eigenvalue weighted by Gasteiger charge is -2.35. The summed E-state index contributed by atoms with van der Waals surface area (Å²) < 4.78 is 5.12. The van der Waals surface area contributed by atoms with E-state index in [9.17, 15) is 4.79 Å². The first-order valence-corrected chi connectivity index (χ1v) is 4.36. The van der Waals surface area contributed by atoms with Crippen molar-refractivity contribution >= 4 is 28.7 Å². The fraction of sp³-hybridized carbons (Fsp3) is 0.833. The van der Waals surface area contributed by atoms with Gasteiger partial charge in [0.25, 0.3) is 0 Å². The van der Waals surface area contributed by atoms with Gasteiger partial charge >= 0.3 is 6.09 Å². The zero-order valence-corrected chi connectivity index (χ0v) is 8.14. The van der Waals surface area contributed by atoms with Crippen LogP contribution in [-0.4, -0.2) is 22.2 Å². The molecule has 3 nitrogen and oxygen atoms in total. The lowest BCUT2D eigenvalue weighted by Crippen LogP contribution is -2.56. The molecule has 0 aromatic carbocycles. The van der Waals surface area contributed by atoms with Crippen molar-refractivity contribution in [3.05, 3.63) is 0 Å². The number of rotatable bonds is 0. The zero-order valence-electron chi connectivity index (χ0n) is 5.98. The standard InChI is InChI=1S/C6H10INO2/c1-6(2)4(7)3-10-5(9)8-6/h4H,3H2,1-2H3,(H,8,9)/t4-/m0/s1. The summed E-state index contributed by atoms with van der Waals surface area (Å²) in [6, 6.07) is 0. The third-order valence-corrected chi connectivity index (χ3v) is 3.48. The van der Waals surface area contributed by atoms with Crippen LogP contribution in [0.25, 0.3) is 0 Å². The number of hydrogen-bond donors (Lipinski definition) is 1. The molecule has 0 aromatic heterocycles. The molecule has 1 heterocycles. The molecular formula is C6H10INO2. The van der Waals surface area contributed by atoms with E-state index in [0.29, 0.717) is 10.5 Å². The van der Waals surface area contributed by atoms with Crippen LogP contribution in [0.5, 0.6) is 0 Å². The molecule has 1 fully saturated rings. The predicted octanol–water partition coefficient (Wildman–Crippen LogP) is 1.31. The smallest absolute Gasteiger partial charge is 0.407 e. The Morgan fingerprint density at radius 1 is 1.80 bits per heavy atom. The van der Waals surface area contributed by atoms with E-state index in [-0.39, 0.29) is 11.6 Å². The van der Waals surface area contributed by atoms with Gasteiger partial charge in [0.1, 0.15) is 6.61 Å². The largest absolute Gasteiger partial charge is 0.448 e. The van der Waals surface area contributed by atoms with Crippen molar-refractivity contribution in [1.82, 2.24) is 5.32 Å². The van der Waals surface area contributed by atoms with Crippen molar-refractivity contribution < 1.29 is 9.53 Å². The molecule has 0 aliphatic carbocycles. The van der Waals surface area contributed by atoms with E-state index < -0.39 is 0 Å². The molecule has 10 heavy (non-hydrogen) atoms. The molecule has 0 aromatic rings. The van der Waals surface area contributed by atoms with E-state index in [2.05, 4.69) is 27.9 Å². The summed E-state index contributed by atoms with van der Waals surface area (Å²) in [6.07, 6.45) is -0.307. The summed E-state index contributed by atoms with van der Waals surface area (Å²) in [5.74, 6) is 0. The van der Waals surface area contributed by atoms with Gasteiger partial charge in [-0.05, 0) is 13.8 Å². The average Bonchev–Trinajstić information content (AvgIpc) is 1.78. The van der Waals surface area contributed by atoms with Crippen LogP contribution in [0.15, 0.2) is 0 Å². The highest BCUT2D eigenvalue weighted by Gasteiger charge is 2.34. The van der Waals surface area contributed by atoms with Crippen molar-refractivity contribution in [3.63, 3.8) is 0 Å². The van der Waals surface area contributed by atoms with Gasteiger partial charge in [0.05, 0.1) is 9.46 Å². The van der Waals surface area contributed by atoms with Gasteiger partial charge in [-0.2, -0.15) is 0 Å². The van der Waals surface area contributed by atoms with E-state index in [1.165, 1.54) is 0 Å². The third kappa shape index (κ3) is 1.53. The molecule has 0 unspecified atom stereocenters. The van der Waals surface area contributed by atoms with Crippen molar-refractivity contribution in [1.29, 1.82) is 0 Å². The monoisotopic (exact) mass is 255 g/mol. The Balaban J connectivity index is 2.63. The summed E-state index contributed by atoms with van der Waals surface area (Å²) in [4.78, 5) is 10.7. The van der Waals surface area contributed by atoms with Crippen LogP contribution in [0.4, 0.5) is 4.79 Å². The third-order valence-electron chi connectivity index (χ3n) is 1.57. The fourth-order valence-electron chi connectivity index (χ4n) is 0.735. The summed E-state index contributed by atoms with van der Waals surface area (Å²) >= 11 is 2.27. The van der Waals surface area contributed by atoms with Crippen LogP contribution in [0, 0.1) is 0 Å². The zero-order chi connectivity index (χ0) is 7.78. The van der Waals surface area contributed by atoms with Crippen LogP contribution < -0.4 is 5.32 Å². The molecule has 1 N–H and O–H groups in total. The van der Waals surface area contributed by atoms with Crippen molar-refractivity contribution in [2.75, 3.05) is 6.61 Å². The topological polar surface area (TPSA) is 38.3 Å². The van der Waals surface area contributed by atoms with Gasteiger partial charge < -0.3 is 10.1 Å². The van der Waals surface area contributed by atoms with Crippen LogP contribution in [0.2, 0.25) is 0 Å². The van der Waals surface area contributed by atoms with Crippen molar-refractivity contribution in [2.45, 2.75) is 23.3 Å². The van der Waals surface area contributed by atoms with Gasteiger partial charge in [-0.15, -0.1) is 0 Å². The van der Waals surface area contributed by atoms with E-state index in [4.69, 9.17) is 4.74 Å². The number of nitrogens with one attached hydrogen (secondary N) is 1. The average molecular weight is 255 g/mol. The molecule has 0 spiro atoms. The number of alkyl carbamates (subject to hydrolysis) is 1. The van der Waals surface area contributed by atoms with Crippen molar-refractivity contribution in [2.24, 2.45) is 0 Å². The molecule has 1 rings (SSSR count). The fourth-order valence-corrected chi connectivity index (χ4v) is 1.07. The Kier molecular flexibility index (Phi) is 2.07. The number of carbonyl (C=O) groups excluding carboxylic acids is 1. The predicted molar refractivity (Wildman–Crippen MR) is 46.4 cm³/mol. The number of alkyl halides is 1. The highest BCUT2D eigenvalue weighted by Crippen LogP contribution is 2.21. The Labute approximate surface area is 73.6 Å². The van der Waals surface area contributed by atoms with Crippen LogP contribution >= 0.6 is 22.6 Å². The van der Waals surface area contributed by atoms with E-state index >= 15 is 0 Å². The Morgan fingerprint density at radius 3 is 2.80 bits per heavy atom. The minimum atomic E-state index is -0.307. The second-order valence-electron chi connectivity index (χ2n) is 2.91. The molecule has 1 aliphatic heterocycles. The number of amides is 1. The maximum atomic E-state index is 10.7. The molecule has 58 valence electrons. The molecule has 0 saturated carbocycles. The van der Waals surface area contributed by atoms with Crippen molar-refractivity contribution in [3.8, 4) is 0 Å². The first kappa shape index (κ1) is 8.10. The Hall–Kier alpha value is 0. The molecule has 0 bridgehead atoms. The van der Waals surface area contributed by atoms with Crippen LogP contribution in [0.3, 0.4) is 0 Å². The highest BCUT2D eigenvalue weighted by molar-refractivity contribution is 14.1. The summed E-state index contributed by atoms with van der Waals surface area (Å²) in [5.41, 5.74) is -0.129. The normalized spacial score (nSPS) is 30.7. The molecule has 4 heteroatoms. The number of cyclic esters (lactones) is 1. The molecular weight excluding hydrogens is 245 g/mol. The maximum absolute atomic E-state index is 10.7. The van der Waals surface area contributed by atoms with Gasteiger partial charge in [-0.25, -0.2) is 4.79 Å². The van der Waals surface area contributed by atoms with Gasteiger partial charge in [0.15, 0.2) is 0 Å². The Morgan fingerprint density at radius 2 is 2.40 bits per heavy atom. The second kappa shape index (κ2) is 2.56. The number of hydrogen-bond acceptors (Lipinski definition) is 2. The summed E-state index contributed by atoms with van der Waals surface area (Å²) in [6.45, 7) is 4.49. The van der Waals surface area contributed by atoms with E-state index in [1.807, 2.05) is 13.8 Å². The summed E-state index contributed by atoms with van der Waals surface area (Å²) in [5, 5.41) is 2.74. The number of halogens is 1. The minimum Gasteiger partial charge on any atom is -0.448 e. The maximum Gasteiger partial charge on any atom is 0.407 e. The summed E-state index contributed by atoms with van der Waals surface area (Å²) in [7, 11) is 0. The lowest BCUT2D eigenvalue weighted by atomic mass is 10.0. The molecule has 1 aliphatic rings. The van der Waals surface area contributed by atoms with Crippen LogP contribution in [0.1, 0.15) is 13.8 Å². The lowest BCUT2D eigenvalue weighted by molar-refractivity contribution is 0.105. The quantitative estimate of drug-likeness (QED) is 0.523. The SMILES string of the molecule is CC1(C)NC(=O)OC[C@@H]1I. The highest BCUT2D eigenvalue weighted by atomic mass is 127. The van der Waals surface area contributed by atoms with Gasteiger partial charge in [-0.1, -0.05) is 22.6 Å². The molecule has 1 amide bonds. The van der Waals surface area contributed by atoms with E-state index in [0.717, 1.165) is 0 Å². The van der Waals surface area contributed by atoms with E-state index in [1.54, 1.807) is 0 Å². The molecule has 0 radical (unpaired) electrons. The van der Waals surface area contributed by atoms with Gasteiger partial charge in [-0.3, -0.25) is 0 Å². The van der Waals surface area contributed by atoms with Gasteiger partial charge in [0, 0.05) is 0 Å². The first-order chi connectivity index (χ1) is 4.52. The first-order valence-electron chi connectivity index (χ1n) is 3.11. The van der Waals surface area contributed by atoms with Crippen LogP contribution in [-0.2, 0) is 4.74 Å². The van der Waals surface area contributed by atoms with Gasteiger partial charge in [0.2, 0.25) is 0 Å². The Bertz CT molecular complexity index is 158. The molecule has 1 saturated heterocycles. The minimum absolute atomic E-state index is 0.129. The number of carbonyl (C=O) groups is 1.